The number of benzene rings is 1. The average molecular weight is 227 g/mol. The summed E-state index contributed by atoms with van der Waals surface area (Å²) in [6.45, 7) is 1.58. The summed E-state index contributed by atoms with van der Waals surface area (Å²) in [5.74, 6) is -0.494. The number of aromatic hydroxyl groups is 1. The monoisotopic (exact) mass is 227 g/mol. The second-order valence-electron chi connectivity index (χ2n) is 3.60. The first kappa shape index (κ1) is 11.2. The Labute approximate surface area is 93.0 Å². The van der Waals surface area contributed by atoms with E-state index in [1.54, 1.807) is 0 Å². The highest BCUT2D eigenvalue weighted by molar-refractivity contribution is 5.43. The topological polar surface area (TPSA) is 50.7 Å². The van der Waals surface area contributed by atoms with E-state index in [2.05, 4.69) is 5.32 Å². The predicted octanol–water partition coefficient (Wildman–Crippen LogP) is 1.20. The van der Waals surface area contributed by atoms with Gasteiger partial charge in [0.25, 0.3) is 0 Å². The Morgan fingerprint density at radius 3 is 3.00 bits per heavy atom. The van der Waals surface area contributed by atoms with Crippen LogP contribution in [0.3, 0.4) is 0 Å². The molecule has 1 aromatic rings. The standard InChI is InChI=1S/C11H14FNO3/c1-15-9-3-2-8(14)10(11(9)12)7-6-16-5-4-13-7/h2-3,7,13-14H,4-6H2,1H3. The first-order valence-electron chi connectivity index (χ1n) is 5.10. The van der Waals surface area contributed by atoms with E-state index < -0.39 is 5.82 Å². The molecule has 4 nitrogen and oxygen atoms in total. The number of methoxy groups -OCH3 is 1. The molecule has 1 saturated heterocycles. The summed E-state index contributed by atoms with van der Waals surface area (Å²) in [6.07, 6.45) is 0. The highest BCUT2D eigenvalue weighted by Crippen LogP contribution is 2.33. The van der Waals surface area contributed by atoms with Gasteiger partial charge in [0.15, 0.2) is 11.6 Å². The van der Waals surface area contributed by atoms with E-state index in [9.17, 15) is 9.50 Å². The third-order valence-corrected chi connectivity index (χ3v) is 2.61. The molecular formula is C11H14FNO3. The highest BCUT2D eigenvalue weighted by Gasteiger charge is 2.24. The second kappa shape index (κ2) is 4.67. The maximum absolute atomic E-state index is 13.9. The second-order valence-corrected chi connectivity index (χ2v) is 3.60. The average Bonchev–Trinajstić information content (AvgIpc) is 2.31. The number of halogens is 1. The molecule has 16 heavy (non-hydrogen) atoms. The Balaban J connectivity index is 2.37. The van der Waals surface area contributed by atoms with Crippen LogP contribution in [0.4, 0.5) is 4.39 Å². The number of hydrogen-bond acceptors (Lipinski definition) is 4. The van der Waals surface area contributed by atoms with Crippen molar-refractivity contribution in [2.45, 2.75) is 6.04 Å². The number of phenolic OH excluding ortho intramolecular Hbond substituents is 1. The Hall–Kier alpha value is -1.33. The lowest BCUT2D eigenvalue weighted by Crippen LogP contribution is -2.35. The summed E-state index contributed by atoms with van der Waals surface area (Å²) in [4.78, 5) is 0. The summed E-state index contributed by atoms with van der Waals surface area (Å²) in [5, 5.41) is 12.8. The molecule has 0 saturated carbocycles. The minimum atomic E-state index is -0.537. The van der Waals surface area contributed by atoms with Crippen LogP contribution in [0.15, 0.2) is 12.1 Å². The fourth-order valence-corrected chi connectivity index (χ4v) is 1.80. The Morgan fingerprint density at radius 2 is 2.38 bits per heavy atom. The number of phenols is 1. The molecule has 0 aromatic heterocycles. The molecule has 1 atom stereocenters. The number of hydrogen-bond donors (Lipinski definition) is 2. The van der Waals surface area contributed by atoms with Crippen molar-refractivity contribution in [3.05, 3.63) is 23.5 Å². The largest absolute Gasteiger partial charge is 0.507 e. The highest BCUT2D eigenvalue weighted by atomic mass is 19.1. The molecule has 2 N–H and O–H groups in total. The smallest absolute Gasteiger partial charge is 0.173 e. The van der Waals surface area contributed by atoms with Crippen molar-refractivity contribution >= 4 is 0 Å². The third-order valence-electron chi connectivity index (χ3n) is 2.61. The molecule has 1 fully saturated rings. The van der Waals surface area contributed by atoms with E-state index in [0.717, 1.165) is 0 Å². The van der Waals surface area contributed by atoms with Gasteiger partial charge in [-0.3, -0.25) is 0 Å². The maximum atomic E-state index is 13.9. The van der Waals surface area contributed by atoms with Crippen LogP contribution in [-0.4, -0.2) is 32.0 Å². The van der Waals surface area contributed by atoms with Crippen LogP contribution < -0.4 is 10.1 Å². The third kappa shape index (κ3) is 1.96. The number of nitrogens with one attached hydrogen (secondary N) is 1. The van der Waals surface area contributed by atoms with Crippen LogP contribution in [0.5, 0.6) is 11.5 Å². The van der Waals surface area contributed by atoms with Gasteiger partial charge in [-0.15, -0.1) is 0 Å². The summed E-state index contributed by atoms with van der Waals surface area (Å²) in [5.41, 5.74) is 0.207. The van der Waals surface area contributed by atoms with Gasteiger partial charge in [0.05, 0.1) is 31.9 Å². The first-order valence-corrected chi connectivity index (χ1v) is 5.10. The van der Waals surface area contributed by atoms with Gasteiger partial charge in [-0.05, 0) is 12.1 Å². The van der Waals surface area contributed by atoms with E-state index in [4.69, 9.17) is 9.47 Å². The van der Waals surface area contributed by atoms with Gasteiger partial charge >= 0.3 is 0 Å². The van der Waals surface area contributed by atoms with Gasteiger partial charge < -0.3 is 19.9 Å². The van der Waals surface area contributed by atoms with Crippen LogP contribution in [0, 0.1) is 5.82 Å². The van der Waals surface area contributed by atoms with Crippen molar-refractivity contribution in [1.82, 2.24) is 5.32 Å². The molecule has 5 heteroatoms. The molecule has 0 amide bonds. The minimum Gasteiger partial charge on any atom is -0.507 e. The fourth-order valence-electron chi connectivity index (χ4n) is 1.80. The van der Waals surface area contributed by atoms with Crippen molar-refractivity contribution < 1.29 is 19.0 Å². The van der Waals surface area contributed by atoms with E-state index in [0.29, 0.717) is 19.8 Å². The molecule has 1 unspecified atom stereocenters. The molecule has 0 bridgehead atoms. The number of ether oxygens (including phenoxy) is 2. The summed E-state index contributed by atoms with van der Waals surface area (Å²) in [7, 11) is 1.39. The Bertz CT molecular complexity index is 378. The molecule has 1 aromatic carbocycles. The SMILES string of the molecule is COc1ccc(O)c(C2COCCN2)c1F. The lowest BCUT2D eigenvalue weighted by Gasteiger charge is -2.25. The van der Waals surface area contributed by atoms with Crippen LogP contribution >= 0.6 is 0 Å². The van der Waals surface area contributed by atoms with Crippen LogP contribution in [0.2, 0.25) is 0 Å². The molecule has 0 radical (unpaired) electrons. The molecule has 0 spiro atoms. The number of morpholine rings is 1. The minimum absolute atomic E-state index is 0.0821. The summed E-state index contributed by atoms with van der Waals surface area (Å²) in [6, 6.07) is 2.50. The molecule has 1 aliphatic heterocycles. The quantitative estimate of drug-likeness (QED) is 0.797. The van der Waals surface area contributed by atoms with Crippen molar-refractivity contribution in [2.24, 2.45) is 0 Å². The predicted molar refractivity (Wildman–Crippen MR) is 56.2 cm³/mol. The zero-order chi connectivity index (χ0) is 11.5. The van der Waals surface area contributed by atoms with Gasteiger partial charge in [-0.2, -0.15) is 0 Å². The molecule has 0 aliphatic carbocycles. The van der Waals surface area contributed by atoms with E-state index >= 15 is 0 Å². The number of rotatable bonds is 2. The Kier molecular flexibility index (Phi) is 3.26. The zero-order valence-electron chi connectivity index (χ0n) is 9.00. The van der Waals surface area contributed by atoms with Crippen LogP contribution in [-0.2, 0) is 4.74 Å². The molecule has 88 valence electrons. The van der Waals surface area contributed by atoms with Gasteiger partial charge in [-0.1, -0.05) is 0 Å². The van der Waals surface area contributed by atoms with Gasteiger partial charge in [0.1, 0.15) is 5.75 Å². The van der Waals surface area contributed by atoms with Crippen LogP contribution in [0.25, 0.3) is 0 Å². The van der Waals surface area contributed by atoms with Gasteiger partial charge in [0, 0.05) is 6.54 Å². The van der Waals surface area contributed by atoms with Crippen molar-refractivity contribution in [2.75, 3.05) is 26.9 Å². The molecule has 1 heterocycles. The summed E-state index contributed by atoms with van der Waals surface area (Å²) >= 11 is 0. The van der Waals surface area contributed by atoms with E-state index in [1.807, 2.05) is 0 Å². The molecule has 2 rings (SSSR count). The Morgan fingerprint density at radius 1 is 1.56 bits per heavy atom. The lowest BCUT2D eigenvalue weighted by molar-refractivity contribution is 0.0747. The van der Waals surface area contributed by atoms with E-state index in [-0.39, 0.29) is 23.1 Å². The zero-order valence-corrected chi connectivity index (χ0v) is 9.00. The normalized spacial score (nSPS) is 20.8. The van der Waals surface area contributed by atoms with Crippen molar-refractivity contribution in [3.63, 3.8) is 0 Å². The van der Waals surface area contributed by atoms with Crippen molar-refractivity contribution in [1.29, 1.82) is 0 Å². The fraction of sp³-hybridized carbons (Fsp3) is 0.455. The lowest BCUT2D eigenvalue weighted by atomic mass is 10.0. The van der Waals surface area contributed by atoms with E-state index in [1.165, 1.54) is 19.2 Å². The van der Waals surface area contributed by atoms with Crippen molar-refractivity contribution in [3.8, 4) is 11.5 Å². The van der Waals surface area contributed by atoms with Gasteiger partial charge in [-0.25, -0.2) is 4.39 Å². The van der Waals surface area contributed by atoms with Gasteiger partial charge in [0.2, 0.25) is 0 Å². The molecule has 1 aliphatic rings. The molecular weight excluding hydrogens is 213 g/mol. The first-order chi connectivity index (χ1) is 7.74. The van der Waals surface area contributed by atoms with Crippen LogP contribution in [0.1, 0.15) is 11.6 Å². The summed E-state index contributed by atoms with van der Waals surface area (Å²) < 4.78 is 24.1. The maximum Gasteiger partial charge on any atom is 0.173 e.